The molecule has 10 heteroatoms. The summed E-state index contributed by atoms with van der Waals surface area (Å²) in [6, 6.07) is 9.85. The zero-order chi connectivity index (χ0) is 21.7. The monoisotopic (exact) mass is 414 g/mol. The molecule has 2 heterocycles. The first-order chi connectivity index (χ1) is 14.3. The van der Waals surface area contributed by atoms with Crippen LogP contribution in [-0.4, -0.2) is 23.0 Å². The average molecular weight is 414 g/mol. The fourth-order valence-electron chi connectivity index (χ4n) is 2.41. The molecule has 0 aliphatic carbocycles. The van der Waals surface area contributed by atoms with Gasteiger partial charge >= 0.3 is 6.18 Å². The number of halogens is 3. The number of methoxy groups -OCH3 is 1. The van der Waals surface area contributed by atoms with Gasteiger partial charge in [0.25, 0.3) is 5.91 Å². The fraction of sp³-hybridized carbons (Fsp3) is 0.100. The molecule has 0 bridgehead atoms. The molecule has 0 unspecified atom stereocenters. The number of anilines is 1. The molecule has 0 saturated heterocycles. The van der Waals surface area contributed by atoms with Gasteiger partial charge in [0.15, 0.2) is 11.5 Å². The van der Waals surface area contributed by atoms with E-state index in [-0.39, 0.29) is 28.6 Å². The van der Waals surface area contributed by atoms with Crippen molar-refractivity contribution >= 4 is 11.6 Å². The van der Waals surface area contributed by atoms with Gasteiger partial charge in [-0.1, -0.05) is 0 Å². The van der Waals surface area contributed by atoms with Gasteiger partial charge in [-0.2, -0.15) is 18.4 Å². The summed E-state index contributed by atoms with van der Waals surface area (Å²) < 4.78 is 50.1. The maximum Gasteiger partial charge on any atom is 0.417 e. The minimum absolute atomic E-state index is 0.0687. The van der Waals surface area contributed by atoms with Crippen LogP contribution >= 0.6 is 0 Å². The molecule has 3 aromatic rings. The van der Waals surface area contributed by atoms with E-state index in [2.05, 4.69) is 15.3 Å². The smallest absolute Gasteiger partial charge is 0.417 e. The number of pyridine rings is 2. The van der Waals surface area contributed by atoms with E-state index in [4.69, 9.17) is 14.7 Å². The van der Waals surface area contributed by atoms with Crippen molar-refractivity contribution in [1.82, 2.24) is 9.97 Å². The predicted molar refractivity (Wildman–Crippen MR) is 99.2 cm³/mol. The summed E-state index contributed by atoms with van der Waals surface area (Å²) in [5.74, 6) is -1.02. The van der Waals surface area contributed by atoms with Crippen LogP contribution in [0.3, 0.4) is 0 Å². The van der Waals surface area contributed by atoms with Crippen LogP contribution in [0.4, 0.5) is 18.9 Å². The van der Waals surface area contributed by atoms with Crippen molar-refractivity contribution < 1.29 is 27.4 Å². The molecule has 7 nitrogen and oxygen atoms in total. The largest absolute Gasteiger partial charge is 0.493 e. The summed E-state index contributed by atoms with van der Waals surface area (Å²) in [7, 11) is 1.33. The predicted octanol–water partition coefficient (Wildman–Crippen LogP) is 4.42. The molecular weight excluding hydrogens is 401 g/mol. The fourth-order valence-corrected chi connectivity index (χ4v) is 2.41. The van der Waals surface area contributed by atoms with Crippen LogP contribution in [0.2, 0.25) is 0 Å². The van der Waals surface area contributed by atoms with Crippen molar-refractivity contribution in [2.45, 2.75) is 6.18 Å². The number of nitriles is 1. The number of benzene rings is 1. The lowest BCUT2D eigenvalue weighted by Gasteiger charge is -2.15. The first-order valence-corrected chi connectivity index (χ1v) is 8.36. The van der Waals surface area contributed by atoms with Crippen LogP contribution in [0.5, 0.6) is 17.4 Å². The van der Waals surface area contributed by atoms with E-state index in [1.165, 1.54) is 43.8 Å². The highest BCUT2D eigenvalue weighted by atomic mass is 19.4. The van der Waals surface area contributed by atoms with Crippen LogP contribution in [0.15, 0.2) is 55.0 Å². The number of rotatable bonds is 5. The summed E-state index contributed by atoms with van der Waals surface area (Å²) in [5.41, 5.74) is -0.992. The van der Waals surface area contributed by atoms with Crippen LogP contribution in [0.1, 0.15) is 21.5 Å². The van der Waals surface area contributed by atoms with E-state index in [1.54, 1.807) is 6.07 Å². The third-order valence-corrected chi connectivity index (χ3v) is 3.84. The van der Waals surface area contributed by atoms with E-state index in [1.807, 2.05) is 6.07 Å². The maximum absolute atomic E-state index is 13.1. The van der Waals surface area contributed by atoms with Crippen molar-refractivity contribution in [2.24, 2.45) is 0 Å². The third-order valence-electron chi connectivity index (χ3n) is 3.84. The van der Waals surface area contributed by atoms with E-state index in [0.717, 1.165) is 0 Å². The quantitative estimate of drug-likeness (QED) is 0.664. The lowest BCUT2D eigenvalue weighted by atomic mass is 10.1. The third kappa shape index (κ3) is 4.64. The normalized spacial score (nSPS) is 10.8. The van der Waals surface area contributed by atoms with Crippen LogP contribution in [-0.2, 0) is 6.18 Å². The van der Waals surface area contributed by atoms with Crippen LogP contribution < -0.4 is 14.8 Å². The van der Waals surface area contributed by atoms with Crippen molar-refractivity contribution in [3.63, 3.8) is 0 Å². The van der Waals surface area contributed by atoms with E-state index < -0.39 is 23.2 Å². The summed E-state index contributed by atoms with van der Waals surface area (Å²) in [6.07, 6.45) is -1.33. The van der Waals surface area contributed by atoms with Gasteiger partial charge in [-0.15, -0.1) is 0 Å². The summed E-state index contributed by atoms with van der Waals surface area (Å²) in [5, 5.41) is 11.4. The Labute approximate surface area is 168 Å². The molecule has 152 valence electrons. The Morgan fingerprint density at radius 3 is 2.60 bits per heavy atom. The Hall–Kier alpha value is -4.13. The minimum atomic E-state index is -4.71. The van der Waals surface area contributed by atoms with E-state index >= 15 is 0 Å². The highest BCUT2D eigenvalue weighted by Gasteiger charge is 2.33. The Kier molecular flexibility index (Phi) is 5.83. The van der Waals surface area contributed by atoms with Crippen LogP contribution in [0.25, 0.3) is 0 Å². The number of carbonyl (C=O) groups excluding carboxylic acids is 1. The summed E-state index contributed by atoms with van der Waals surface area (Å²) in [4.78, 5) is 20.2. The number of aromatic nitrogens is 2. The molecule has 3 rings (SSSR count). The second kappa shape index (κ2) is 8.48. The van der Waals surface area contributed by atoms with Crippen molar-refractivity contribution in [2.75, 3.05) is 12.4 Å². The molecule has 0 aliphatic heterocycles. The number of ether oxygens (including phenoxy) is 2. The number of alkyl halides is 3. The standard InChI is InChI=1S/C20H13F3N4O3/c1-29-17-7-12(9-24)4-5-16(17)30-19-15(8-13(10-26-19)20(21,22)23)18(28)27-14-3-2-6-25-11-14/h2-8,10-11H,1H3,(H,27,28). The number of hydrogen-bond acceptors (Lipinski definition) is 6. The Bertz CT molecular complexity index is 1110. The number of amides is 1. The first-order valence-electron chi connectivity index (χ1n) is 8.36. The molecule has 0 aliphatic rings. The van der Waals surface area contributed by atoms with Gasteiger partial charge in [0.2, 0.25) is 5.88 Å². The number of nitrogens with one attached hydrogen (secondary N) is 1. The second-order valence-electron chi connectivity index (χ2n) is 5.85. The molecule has 0 radical (unpaired) electrons. The van der Waals surface area contributed by atoms with Gasteiger partial charge < -0.3 is 14.8 Å². The lowest BCUT2D eigenvalue weighted by Crippen LogP contribution is -2.16. The van der Waals surface area contributed by atoms with Gasteiger partial charge in [-0.05, 0) is 30.3 Å². The number of hydrogen-bond donors (Lipinski definition) is 1. The molecule has 0 saturated carbocycles. The first kappa shape index (κ1) is 20.6. The molecule has 0 fully saturated rings. The highest BCUT2D eigenvalue weighted by Crippen LogP contribution is 2.36. The summed E-state index contributed by atoms with van der Waals surface area (Å²) >= 11 is 0. The molecule has 30 heavy (non-hydrogen) atoms. The Morgan fingerprint density at radius 1 is 1.17 bits per heavy atom. The van der Waals surface area contributed by atoms with Gasteiger partial charge in [-0.25, -0.2) is 4.98 Å². The molecule has 0 atom stereocenters. The molecule has 2 aromatic heterocycles. The number of carbonyl (C=O) groups is 1. The topological polar surface area (TPSA) is 97.1 Å². The minimum Gasteiger partial charge on any atom is -0.493 e. The van der Waals surface area contributed by atoms with E-state index in [9.17, 15) is 18.0 Å². The highest BCUT2D eigenvalue weighted by molar-refractivity contribution is 6.06. The molecule has 1 amide bonds. The van der Waals surface area contributed by atoms with Crippen molar-refractivity contribution in [3.05, 3.63) is 71.7 Å². The Balaban J connectivity index is 2.02. The average Bonchev–Trinajstić information content (AvgIpc) is 2.74. The van der Waals surface area contributed by atoms with Crippen LogP contribution in [0, 0.1) is 11.3 Å². The molecular formula is C20H13F3N4O3. The maximum atomic E-state index is 13.1. The zero-order valence-corrected chi connectivity index (χ0v) is 15.4. The van der Waals surface area contributed by atoms with E-state index in [0.29, 0.717) is 12.3 Å². The van der Waals surface area contributed by atoms with Crippen molar-refractivity contribution in [3.8, 4) is 23.4 Å². The Morgan fingerprint density at radius 2 is 1.97 bits per heavy atom. The second-order valence-corrected chi connectivity index (χ2v) is 5.85. The van der Waals surface area contributed by atoms with Gasteiger partial charge in [0.1, 0.15) is 5.56 Å². The van der Waals surface area contributed by atoms with Gasteiger partial charge in [0.05, 0.1) is 36.2 Å². The SMILES string of the molecule is COc1cc(C#N)ccc1Oc1ncc(C(F)(F)F)cc1C(=O)Nc1cccnc1. The summed E-state index contributed by atoms with van der Waals surface area (Å²) in [6.45, 7) is 0. The molecule has 1 aromatic carbocycles. The van der Waals surface area contributed by atoms with Gasteiger partial charge in [-0.3, -0.25) is 9.78 Å². The lowest BCUT2D eigenvalue weighted by molar-refractivity contribution is -0.137. The zero-order valence-electron chi connectivity index (χ0n) is 15.4. The van der Waals surface area contributed by atoms with Gasteiger partial charge in [0, 0.05) is 18.5 Å². The number of nitrogens with zero attached hydrogens (tertiary/aromatic N) is 3. The van der Waals surface area contributed by atoms with Crippen molar-refractivity contribution in [1.29, 1.82) is 5.26 Å². The molecule has 0 spiro atoms. The molecule has 1 N–H and O–H groups in total.